The number of hydrogen-bond acceptors (Lipinski definition) is 5. The van der Waals surface area contributed by atoms with E-state index in [4.69, 9.17) is 21.1 Å². The summed E-state index contributed by atoms with van der Waals surface area (Å²) in [5.74, 6) is 0.953. The summed E-state index contributed by atoms with van der Waals surface area (Å²) in [7, 11) is 0. The van der Waals surface area contributed by atoms with Gasteiger partial charge in [0.2, 0.25) is 0 Å². The Morgan fingerprint density at radius 3 is 2.59 bits per heavy atom. The molecule has 1 aromatic heterocycles. The van der Waals surface area contributed by atoms with Crippen LogP contribution in [0.1, 0.15) is 29.4 Å². The fraction of sp³-hybridized carbons (Fsp3) is 0.261. The number of ether oxygens (including phenoxy) is 2. The predicted octanol–water partition coefficient (Wildman–Crippen LogP) is 5.04. The Labute approximate surface area is 200 Å². The summed E-state index contributed by atoms with van der Waals surface area (Å²) < 4.78 is 14.1. The zero-order valence-corrected chi connectivity index (χ0v) is 20.4. The number of nitrogens with zero attached hydrogens (tertiary/aromatic N) is 3. The molecule has 0 aliphatic rings. The van der Waals surface area contributed by atoms with Gasteiger partial charge in [-0.2, -0.15) is 10.2 Å². The van der Waals surface area contributed by atoms with Crippen LogP contribution in [0.2, 0.25) is 5.02 Å². The van der Waals surface area contributed by atoms with Crippen molar-refractivity contribution >= 4 is 39.7 Å². The van der Waals surface area contributed by atoms with Crippen molar-refractivity contribution in [1.29, 1.82) is 0 Å². The number of hydrogen-bond donors (Lipinski definition) is 1. The number of carbonyl (C=O) groups is 1. The number of halogens is 2. The minimum atomic E-state index is -0.271. The van der Waals surface area contributed by atoms with Crippen LogP contribution in [0.5, 0.6) is 11.5 Å². The average Bonchev–Trinajstić information content (AvgIpc) is 3.01. The number of amides is 1. The van der Waals surface area contributed by atoms with Gasteiger partial charge in [0.25, 0.3) is 5.91 Å². The maximum atomic E-state index is 12.2. The van der Waals surface area contributed by atoms with Gasteiger partial charge in [0.15, 0.2) is 11.5 Å². The second kappa shape index (κ2) is 11.2. The van der Waals surface area contributed by atoms with Crippen LogP contribution >= 0.6 is 27.5 Å². The Morgan fingerprint density at radius 2 is 1.94 bits per heavy atom. The SMILES string of the molecule is CCOc1cc(/C=N/NC(=O)Cn2nc(C)c(Br)c2C)ccc1OCc1ccc(Cl)cc1. The van der Waals surface area contributed by atoms with Gasteiger partial charge in [-0.3, -0.25) is 9.48 Å². The maximum absolute atomic E-state index is 12.2. The third-order valence-corrected chi connectivity index (χ3v) is 5.96. The molecule has 0 unspecified atom stereocenters. The fourth-order valence-corrected chi connectivity index (χ4v) is 3.32. The molecule has 0 aliphatic carbocycles. The van der Waals surface area contributed by atoms with Crippen LogP contribution in [0.4, 0.5) is 0 Å². The Morgan fingerprint density at radius 1 is 1.19 bits per heavy atom. The van der Waals surface area contributed by atoms with Gasteiger partial charge in [-0.1, -0.05) is 23.7 Å². The van der Waals surface area contributed by atoms with E-state index in [1.165, 1.54) is 0 Å². The van der Waals surface area contributed by atoms with Crippen molar-refractivity contribution < 1.29 is 14.3 Å². The molecular formula is C23H24BrClN4O3. The Balaban J connectivity index is 1.61. The molecule has 9 heteroatoms. The number of nitrogens with one attached hydrogen (secondary N) is 1. The summed E-state index contributed by atoms with van der Waals surface area (Å²) in [6, 6.07) is 12.9. The largest absolute Gasteiger partial charge is 0.490 e. The van der Waals surface area contributed by atoms with Crippen molar-refractivity contribution in [1.82, 2.24) is 15.2 Å². The van der Waals surface area contributed by atoms with E-state index in [0.29, 0.717) is 29.7 Å². The highest BCUT2D eigenvalue weighted by Crippen LogP contribution is 2.29. The zero-order chi connectivity index (χ0) is 23.1. The second-order valence-electron chi connectivity index (χ2n) is 6.99. The van der Waals surface area contributed by atoms with E-state index < -0.39 is 0 Å². The number of benzene rings is 2. The normalized spacial score (nSPS) is 11.0. The zero-order valence-electron chi connectivity index (χ0n) is 18.1. The first-order valence-electron chi connectivity index (χ1n) is 10.0. The van der Waals surface area contributed by atoms with Gasteiger partial charge < -0.3 is 9.47 Å². The van der Waals surface area contributed by atoms with Gasteiger partial charge in [-0.05, 0) is 78.2 Å². The van der Waals surface area contributed by atoms with Gasteiger partial charge in [-0.25, -0.2) is 5.43 Å². The van der Waals surface area contributed by atoms with E-state index in [1.807, 2.05) is 63.2 Å². The minimum Gasteiger partial charge on any atom is -0.490 e. The molecule has 168 valence electrons. The lowest BCUT2D eigenvalue weighted by Gasteiger charge is -2.12. The molecule has 0 atom stereocenters. The summed E-state index contributed by atoms with van der Waals surface area (Å²) in [5.41, 5.74) is 6.01. The molecule has 0 saturated carbocycles. The van der Waals surface area contributed by atoms with Crippen LogP contribution in [-0.2, 0) is 17.9 Å². The van der Waals surface area contributed by atoms with Crippen LogP contribution in [0.15, 0.2) is 52.0 Å². The molecule has 1 N–H and O–H groups in total. The first-order chi connectivity index (χ1) is 15.4. The van der Waals surface area contributed by atoms with Crippen molar-refractivity contribution in [3.63, 3.8) is 0 Å². The average molecular weight is 520 g/mol. The van der Waals surface area contributed by atoms with E-state index in [1.54, 1.807) is 10.9 Å². The van der Waals surface area contributed by atoms with Gasteiger partial charge >= 0.3 is 0 Å². The lowest BCUT2D eigenvalue weighted by Crippen LogP contribution is -2.24. The van der Waals surface area contributed by atoms with Crippen LogP contribution in [0.25, 0.3) is 0 Å². The number of hydrazone groups is 1. The maximum Gasteiger partial charge on any atom is 0.261 e. The van der Waals surface area contributed by atoms with Gasteiger partial charge in [0, 0.05) is 5.02 Å². The van der Waals surface area contributed by atoms with Crippen LogP contribution in [0.3, 0.4) is 0 Å². The van der Waals surface area contributed by atoms with E-state index in [0.717, 1.165) is 27.0 Å². The van der Waals surface area contributed by atoms with Crippen LogP contribution in [0, 0.1) is 13.8 Å². The Kier molecular flexibility index (Phi) is 8.30. The van der Waals surface area contributed by atoms with Crippen LogP contribution in [-0.4, -0.2) is 28.5 Å². The highest BCUT2D eigenvalue weighted by Gasteiger charge is 2.11. The molecule has 0 radical (unpaired) electrons. The van der Waals surface area contributed by atoms with E-state index in [9.17, 15) is 4.79 Å². The topological polar surface area (TPSA) is 77.7 Å². The fourth-order valence-electron chi connectivity index (χ4n) is 2.91. The first-order valence-corrected chi connectivity index (χ1v) is 11.2. The smallest absolute Gasteiger partial charge is 0.261 e. The van der Waals surface area contributed by atoms with E-state index in [-0.39, 0.29) is 12.5 Å². The van der Waals surface area contributed by atoms with Crippen molar-refractivity contribution in [2.45, 2.75) is 33.9 Å². The summed E-state index contributed by atoms with van der Waals surface area (Å²) >= 11 is 9.38. The summed E-state index contributed by atoms with van der Waals surface area (Å²) in [6.07, 6.45) is 1.56. The Bertz CT molecular complexity index is 1110. The lowest BCUT2D eigenvalue weighted by molar-refractivity contribution is -0.121. The van der Waals surface area contributed by atoms with E-state index >= 15 is 0 Å². The number of aryl methyl sites for hydroxylation is 1. The third kappa shape index (κ3) is 6.34. The molecule has 2 aromatic carbocycles. The summed E-state index contributed by atoms with van der Waals surface area (Å²) in [6.45, 7) is 6.64. The lowest BCUT2D eigenvalue weighted by atomic mass is 10.2. The van der Waals surface area contributed by atoms with Gasteiger partial charge in [-0.15, -0.1) is 0 Å². The van der Waals surface area contributed by atoms with Crippen molar-refractivity contribution in [2.24, 2.45) is 5.10 Å². The molecule has 3 aromatic rings. The molecule has 7 nitrogen and oxygen atoms in total. The van der Waals surface area contributed by atoms with Crippen molar-refractivity contribution in [2.75, 3.05) is 6.61 Å². The number of aromatic nitrogens is 2. The Hall–Kier alpha value is -2.84. The molecule has 0 fully saturated rings. The van der Waals surface area contributed by atoms with Gasteiger partial charge in [0.05, 0.1) is 28.7 Å². The monoisotopic (exact) mass is 518 g/mol. The third-order valence-electron chi connectivity index (χ3n) is 4.56. The van der Waals surface area contributed by atoms with Crippen LogP contribution < -0.4 is 14.9 Å². The number of rotatable bonds is 9. The molecular weight excluding hydrogens is 496 g/mol. The predicted molar refractivity (Wildman–Crippen MR) is 129 cm³/mol. The molecule has 0 bridgehead atoms. The highest BCUT2D eigenvalue weighted by atomic mass is 79.9. The molecule has 3 rings (SSSR count). The number of carbonyl (C=O) groups excluding carboxylic acids is 1. The minimum absolute atomic E-state index is 0.0806. The first kappa shape index (κ1) is 23.8. The second-order valence-corrected chi connectivity index (χ2v) is 8.22. The van der Waals surface area contributed by atoms with Crippen molar-refractivity contribution in [3.05, 3.63) is 74.5 Å². The molecule has 0 saturated heterocycles. The summed E-state index contributed by atoms with van der Waals surface area (Å²) in [4.78, 5) is 12.2. The molecule has 1 amide bonds. The quantitative estimate of drug-likeness (QED) is 0.317. The molecule has 0 aliphatic heterocycles. The standard InChI is InChI=1S/C23H24BrClN4O3/c1-4-31-21-11-18(7-10-20(21)32-14-17-5-8-19(25)9-6-17)12-26-27-22(30)13-29-16(3)23(24)15(2)28-29/h5-12H,4,13-14H2,1-3H3,(H,27,30)/b26-12+. The molecule has 0 spiro atoms. The van der Waals surface area contributed by atoms with Gasteiger partial charge in [0.1, 0.15) is 13.2 Å². The molecule has 1 heterocycles. The van der Waals surface area contributed by atoms with Crippen molar-refractivity contribution in [3.8, 4) is 11.5 Å². The summed E-state index contributed by atoms with van der Waals surface area (Å²) in [5, 5.41) is 9.05. The highest BCUT2D eigenvalue weighted by molar-refractivity contribution is 9.10. The van der Waals surface area contributed by atoms with E-state index in [2.05, 4.69) is 31.6 Å². The molecule has 32 heavy (non-hydrogen) atoms.